The lowest BCUT2D eigenvalue weighted by Crippen LogP contribution is -2.44. The van der Waals surface area contributed by atoms with Crippen LogP contribution in [0.4, 0.5) is 0 Å². The highest BCUT2D eigenvalue weighted by atomic mass is 16.5. The first-order valence-electron chi connectivity index (χ1n) is 3.85. The zero-order chi connectivity index (χ0) is 7.24. The van der Waals surface area contributed by atoms with Gasteiger partial charge in [-0.25, -0.2) is 0 Å². The van der Waals surface area contributed by atoms with Crippen molar-refractivity contribution in [2.75, 3.05) is 6.61 Å². The Balaban J connectivity index is 2.13. The van der Waals surface area contributed by atoms with Crippen molar-refractivity contribution < 1.29 is 9.53 Å². The molecule has 3 aliphatic rings. The molecule has 0 aromatic heterocycles. The van der Waals surface area contributed by atoms with Gasteiger partial charge in [-0.2, -0.15) is 0 Å². The lowest BCUT2D eigenvalue weighted by atomic mass is 9.62. The van der Waals surface area contributed by atoms with Gasteiger partial charge in [0.2, 0.25) is 0 Å². The van der Waals surface area contributed by atoms with Crippen molar-refractivity contribution in [3.05, 3.63) is 0 Å². The zero-order valence-electron chi connectivity index (χ0n) is 6.22. The maximum Gasteiger partial charge on any atom is 0.151 e. The molecule has 0 aromatic rings. The SMILES string of the molecule is CCC12COC(C=O)(C1)C2. The molecular weight excluding hydrogens is 128 g/mol. The van der Waals surface area contributed by atoms with Crippen LogP contribution in [0.2, 0.25) is 0 Å². The number of ether oxygens (including phenoxy) is 1. The molecule has 2 heteroatoms. The summed E-state index contributed by atoms with van der Waals surface area (Å²) in [5.41, 5.74) is 0.0525. The lowest BCUT2D eigenvalue weighted by molar-refractivity contribution is -0.129. The second kappa shape index (κ2) is 1.62. The molecule has 0 radical (unpaired) electrons. The Morgan fingerprint density at radius 2 is 2.30 bits per heavy atom. The normalized spacial score (nSPS) is 50.5. The molecule has 1 saturated carbocycles. The van der Waals surface area contributed by atoms with Crippen LogP contribution in [-0.2, 0) is 9.53 Å². The maximum atomic E-state index is 10.5. The van der Waals surface area contributed by atoms with E-state index in [0.717, 1.165) is 32.2 Å². The fourth-order valence-electron chi connectivity index (χ4n) is 2.19. The fraction of sp³-hybridized carbons (Fsp3) is 0.875. The first kappa shape index (κ1) is 6.35. The lowest BCUT2D eigenvalue weighted by Gasteiger charge is -2.40. The third kappa shape index (κ3) is 0.553. The Kier molecular flexibility index (Phi) is 1.03. The summed E-state index contributed by atoms with van der Waals surface area (Å²) < 4.78 is 5.39. The van der Waals surface area contributed by atoms with Gasteiger partial charge in [0, 0.05) is 0 Å². The second-order valence-electron chi connectivity index (χ2n) is 3.68. The van der Waals surface area contributed by atoms with Crippen molar-refractivity contribution in [2.45, 2.75) is 31.8 Å². The van der Waals surface area contributed by atoms with E-state index >= 15 is 0 Å². The summed E-state index contributed by atoms with van der Waals surface area (Å²) in [5, 5.41) is 0. The summed E-state index contributed by atoms with van der Waals surface area (Å²) in [4.78, 5) is 10.5. The molecule has 3 fully saturated rings. The molecule has 2 nitrogen and oxygen atoms in total. The summed E-state index contributed by atoms with van der Waals surface area (Å²) in [7, 11) is 0. The first-order valence-corrected chi connectivity index (χ1v) is 3.85. The van der Waals surface area contributed by atoms with Crippen LogP contribution in [0, 0.1) is 5.41 Å². The van der Waals surface area contributed by atoms with E-state index in [2.05, 4.69) is 6.92 Å². The molecule has 2 saturated heterocycles. The van der Waals surface area contributed by atoms with Gasteiger partial charge in [-0.1, -0.05) is 6.92 Å². The molecule has 10 heavy (non-hydrogen) atoms. The van der Waals surface area contributed by atoms with Gasteiger partial charge in [0.15, 0.2) is 6.29 Å². The molecule has 0 aromatic carbocycles. The molecule has 56 valence electrons. The summed E-state index contributed by atoms with van der Waals surface area (Å²) in [6.07, 6.45) is 4.08. The average Bonchev–Trinajstić information content (AvgIpc) is 2.40. The minimum atomic E-state index is -0.337. The van der Waals surface area contributed by atoms with E-state index in [9.17, 15) is 4.79 Å². The van der Waals surface area contributed by atoms with Crippen molar-refractivity contribution >= 4 is 6.29 Å². The fourth-order valence-corrected chi connectivity index (χ4v) is 2.19. The Hall–Kier alpha value is -0.370. The predicted molar refractivity (Wildman–Crippen MR) is 36.7 cm³/mol. The van der Waals surface area contributed by atoms with E-state index in [4.69, 9.17) is 4.74 Å². The molecule has 2 aliphatic heterocycles. The van der Waals surface area contributed by atoms with Crippen molar-refractivity contribution in [1.82, 2.24) is 0 Å². The van der Waals surface area contributed by atoms with Crippen LogP contribution < -0.4 is 0 Å². The number of aldehydes is 1. The highest BCUT2D eigenvalue weighted by Gasteiger charge is 2.61. The maximum absolute atomic E-state index is 10.5. The number of hydrogen-bond donors (Lipinski definition) is 0. The quantitative estimate of drug-likeness (QED) is 0.538. The Labute approximate surface area is 60.6 Å². The van der Waals surface area contributed by atoms with Gasteiger partial charge in [-0.15, -0.1) is 0 Å². The van der Waals surface area contributed by atoms with E-state index in [1.807, 2.05) is 0 Å². The minimum absolute atomic E-state index is 0.337. The highest BCUT2D eigenvalue weighted by Crippen LogP contribution is 2.58. The summed E-state index contributed by atoms with van der Waals surface area (Å²) in [6.45, 7) is 2.98. The van der Waals surface area contributed by atoms with Gasteiger partial charge in [0.25, 0.3) is 0 Å². The average molecular weight is 140 g/mol. The van der Waals surface area contributed by atoms with Gasteiger partial charge in [0.1, 0.15) is 5.60 Å². The summed E-state index contributed by atoms with van der Waals surface area (Å²) >= 11 is 0. The van der Waals surface area contributed by atoms with Gasteiger partial charge < -0.3 is 9.53 Å². The summed E-state index contributed by atoms with van der Waals surface area (Å²) in [5.74, 6) is 0. The van der Waals surface area contributed by atoms with Crippen molar-refractivity contribution in [3.8, 4) is 0 Å². The minimum Gasteiger partial charge on any atom is -0.367 e. The van der Waals surface area contributed by atoms with Crippen molar-refractivity contribution in [2.24, 2.45) is 5.41 Å². The molecule has 0 spiro atoms. The zero-order valence-corrected chi connectivity index (χ0v) is 6.22. The second-order valence-corrected chi connectivity index (χ2v) is 3.68. The van der Waals surface area contributed by atoms with E-state index in [-0.39, 0.29) is 5.60 Å². The van der Waals surface area contributed by atoms with Crippen molar-refractivity contribution in [3.63, 3.8) is 0 Å². The Bertz CT molecular complexity index is 168. The van der Waals surface area contributed by atoms with E-state index in [1.54, 1.807) is 0 Å². The molecular formula is C8H12O2. The monoisotopic (exact) mass is 140 g/mol. The Morgan fingerprint density at radius 1 is 1.60 bits per heavy atom. The van der Waals surface area contributed by atoms with E-state index < -0.39 is 0 Å². The predicted octanol–water partition coefficient (Wildman–Crippen LogP) is 1.14. The molecule has 3 rings (SSSR count). The number of carbonyl (C=O) groups is 1. The van der Waals surface area contributed by atoms with Gasteiger partial charge in [0.05, 0.1) is 6.61 Å². The van der Waals surface area contributed by atoms with Crippen LogP contribution >= 0.6 is 0 Å². The number of rotatable bonds is 2. The molecule has 0 amide bonds. The van der Waals surface area contributed by atoms with Gasteiger partial charge >= 0.3 is 0 Å². The van der Waals surface area contributed by atoms with Crippen LogP contribution in [0.3, 0.4) is 0 Å². The molecule has 1 aliphatic carbocycles. The molecule has 0 N–H and O–H groups in total. The van der Waals surface area contributed by atoms with Crippen LogP contribution in [0.5, 0.6) is 0 Å². The van der Waals surface area contributed by atoms with E-state index in [0.29, 0.717) is 5.41 Å². The highest BCUT2D eigenvalue weighted by molar-refractivity contribution is 5.66. The Morgan fingerprint density at radius 3 is 2.60 bits per heavy atom. The standard InChI is InChI=1S/C8H12O2/c1-2-7-3-8(4-7,5-9)10-6-7/h5H,2-4,6H2,1H3. The number of fused-ring (bicyclic) bond motifs is 1. The third-order valence-corrected chi connectivity index (χ3v) is 2.98. The number of hydrogen-bond acceptors (Lipinski definition) is 2. The molecule has 2 heterocycles. The molecule has 2 bridgehead atoms. The van der Waals surface area contributed by atoms with Crippen LogP contribution in [0.1, 0.15) is 26.2 Å². The molecule has 0 unspecified atom stereocenters. The van der Waals surface area contributed by atoms with Crippen molar-refractivity contribution in [1.29, 1.82) is 0 Å². The summed E-state index contributed by atoms with van der Waals surface area (Å²) in [6, 6.07) is 0. The van der Waals surface area contributed by atoms with Gasteiger partial charge in [-0.05, 0) is 24.7 Å². The number of carbonyl (C=O) groups excluding carboxylic acids is 1. The largest absolute Gasteiger partial charge is 0.367 e. The van der Waals surface area contributed by atoms with Crippen LogP contribution in [0.15, 0.2) is 0 Å². The van der Waals surface area contributed by atoms with Crippen LogP contribution in [-0.4, -0.2) is 18.5 Å². The molecule has 0 atom stereocenters. The smallest absolute Gasteiger partial charge is 0.151 e. The van der Waals surface area contributed by atoms with Crippen LogP contribution in [0.25, 0.3) is 0 Å². The third-order valence-electron chi connectivity index (χ3n) is 2.98. The topological polar surface area (TPSA) is 26.3 Å². The van der Waals surface area contributed by atoms with Gasteiger partial charge in [-0.3, -0.25) is 0 Å². The van der Waals surface area contributed by atoms with E-state index in [1.165, 1.54) is 0 Å². The first-order chi connectivity index (χ1) is 4.74.